The minimum Gasteiger partial charge on any atom is -0.249 e. The van der Waals surface area contributed by atoms with Gasteiger partial charge in [0.15, 0.2) is 11.6 Å². The van der Waals surface area contributed by atoms with Crippen LogP contribution in [0.25, 0.3) is 11.0 Å². The van der Waals surface area contributed by atoms with E-state index in [0.717, 1.165) is 23.5 Å². The molecular weight excluding hydrogens is 186 g/mol. The molecule has 4 heteroatoms. The third-order valence-corrected chi connectivity index (χ3v) is 2.12. The summed E-state index contributed by atoms with van der Waals surface area (Å²) < 4.78 is 25.7. The predicted molar refractivity (Wildman–Crippen MR) is 48.9 cm³/mol. The van der Waals surface area contributed by atoms with Gasteiger partial charge in [-0.3, -0.25) is 0 Å². The fourth-order valence-electron chi connectivity index (χ4n) is 1.23. The van der Waals surface area contributed by atoms with Gasteiger partial charge in [-0.15, -0.1) is 0 Å². The van der Waals surface area contributed by atoms with Crippen LogP contribution in [0.5, 0.6) is 0 Å². The smallest absolute Gasteiger partial charge is 0.161 e. The zero-order valence-electron chi connectivity index (χ0n) is 7.81. The number of halogens is 2. The maximum atomic E-state index is 12.8. The number of hydrogen-bond donors (Lipinski definition) is 0. The number of aromatic nitrogens is 2. The van der Waals surface area contributed by atoms with Crippen LogP contribution in [0, 0.1) is 25.5 Å². The molecule has 2 nitrogen and oxygen atoms in total. The molecule has 0 radical (unpaired) electrons. The average molecular weight is 194 g/mol. The molecule has 0 spiro atoms. The van der Waals surface area contributed by atoms with Crippen LogP contribution in [0.1, 0.15) is 11.4 Å². The van der Waals surface area contributed by atoms with E-state index in [1.807, 2.05) is 0 Å². The zero-order chi connectivity index (χ0) is 10.3. The summed E-state index contributed by atoms with van der Waals surface area (Å²) in [5, 5.41) is 0. The second kappa shape index (κ2) is 2.97. The van der Waals surface area contributed by atoms with Crippen LogP contribution in [-0.4, -0.2) is 9.97 Å². The lowest BCUT2D eigenvalue weighted by Gasteiger charge is -2.02. The number of nitrogens with zero attached hydrogens (tertiary/aromatic N) is 2. The van der Waals surface area contributed by atoms with Gasteiger partial charge in [0.2, 0.25) is 0 Å². The van der Waals surface area contributed by atoms with Gasteiger partial charge in [0.05, 0.1) is 22.4 Å². The van der Waals surface area contributed by atoms with Crippen molar-refractivity contribution in [3.8, 4) is 0 Å². The van der Waals surface area contributed by atoms with Crippen molar-refractivity contribution < 1.29 is 8.78 Å². The number of benzene rings is 1. The second-order valence-electron chi connectivity index (χ2n) is 3.15. The summed E-state index contributed by atoms with van der Waals surface area (Å²) in [7, 11) is 0. The average Bonchev–Trinajstić information content (AvgIpc) is 2.11. The van der Waals surface area contributed by atoms with E-state index < -0.39 is 11.6 Å². The van der Waals surface area contributed by atoms with E-state index in [4.69, 9.17) is 0 Å². The summed E-state index contributed by atoms with van der Waals surface area (Å²) in [6.45, 7) is 3.56. The second-order valence-corrected chi connectivity index (χ2v) is 3.15. The molecule has 0 aliphatic carbocycles. The minimum absolute atomic E-state index is 0.381. The van der Waals surface area contributed by atoms with Crippen molar-refractivity contribution in [1.82, 2.24) is 9.97 Å². The van der Waals surface area contributed by atoms with E-state index in [9.17, 15) is 8.78 Å². The number of rotatable bonds is 0. The van der Waals surface area contributed by atoms with Crippen LogP contribution >= 0.6 is 0 Å². The molecule has 2 rings (SSSR count). The number of aryl methyl sites for hydroxylation is 2. The lowest BCUT2D eigenvalue weighted by molar-refractivity contribution is 0.510. The first kappa shape index (κ1) is 8.99. The van der Waals surface area contributed by atoms with E-state index >= 15 is 0 Å². The molecule has 0 saturated heterocycles. The van der Waals surface area contributed by atoms with E-state index in [0.29, 0.717) is 11.0 Å². The van der Waals surface area contributed by atoms with Gasteiger partial charge in [-0.05, 0) is 13.8 Å². The third-order valence-electron chi connectivity index (χ3n) is 2.12. The minimum atomic E-state index is -0.893. The van der Waals surface area contributed by atoms with Crippen LogP contribution in [-0.2, 0) is 0 Å². The highest BCUT2D eigenvalue weighted by molar-refractivity contribution is 5.74. The molecule has 0 N–H and O–H groups in total. The first-order chi connectivity index (χ1) is 6.58. The van der Waals surface area contributed by atoms with Crippen molar-refractivity contribution in [2.75, 3.05) is 0 Å². The highest BCUT2D eigenvalue weighted by Gasteiger charge is 2.07. The van der Waals surface area contributed by atoms with Crippen LogP contribution in [0.2, 0.25) is 0 Å². The Balaban J connectivity index is 2.83. The first-order valence-electron chi connectivity index (χ1n) is 4.18. The van der Waals surface area contributed by atoms with Crippen molar-refractivity contribution in [1.29, 1.82) is 0 Å². The number of fused-ring (bicyclic) bond motifs is 1. The summed E-state index contributed by atoms with van der Waals surface area (Å²) in [4.78, 5) is 8.22. The van der Waals surface area contributed by atoms with Gasteiger partial charge < -0.3 is 0 Å². The lowest BCUT2D eigenvalue weighted by Crippen LogP contribution is -1.95. The summed E-state index contributed by atoms with van der Waals surface area (Å²) in [6, 6.07) is 2.12. The Kier molecular flexibility index (Phi) is 1.91. The SMILES string of the molecule is Cc1nc2cc(F)c(F)cc2nc1C. The van der Waals surface area contributed by atoms with Crippen molar-refractivity contribution in [2.45, 2.75) is 13.8 Å². The topological polar surface area (TPSA) is 25.8 Å². The molecule has 2 aromatic rings. The molecule has 1 heterocycles. The molecule has 0 fully saturated rings. The van der Waals surface area contributed by atoms with Gasteiger partial charge in [-0.1, -0.05) is 0 Å². The van der Waals surface area contributed by atoms with Gasteiger partial charge in [0.1, 0.15) is 0 Å². The standard InChI is InChI=1S/C10H8F2N2/c1-5-6(2)14-10-4-8(12)7(11)3-9(10)13-5/h3-4H,1-2H3. The van der Waals surface area contributed by atoms with Crippen molar-refractivity contribution >= 4 is 11.0 Å². The maximum Gasteiger partial charge on any atom is 0.161 e. The highest BCUT2D eigenvalue weighted by atomic mass is 19.2. The highest BCUT2D eigenvalue weighted by Crippen LogP contribution is 2.16. The van der Waals surface area contributed by atoms with Crippen LogP contribution in [0.4, 0.5) is 8.78 Å². The van der Waals surface area contributed by atoms with Crippen LogP contribution in [0.3, 0.4) is 0 Å². The van der Waals surface area contributed by atoms with Crippen molar-refractivity contribution in [2.24, 2.45) is 0 Å². The maximum absolute atomic E-state index is 12.8. The molecule has 0 amide bonds. The van der Waals surface area contributed by atoms with Crippen molar-refractivity contribution in [3.05, 3.63) is 35.2 Å². The fourth-order valence-corrected chi connectivity index (χ4v) is 1.23. The first-order valence-corrected chi connectivity index (χ1v) is 4.18. The Morgan fingerprint density at radius 2 is 1.21 bits per heavy atom. The van der Waals surface area contributed by atoms with Gasteiger partial charge in [-0.25, -0.2) is 18.7 Å². The Bertz CT molecular complexity index is 420. The molecule has 0 bridgehead atoms. The Labute approximate surface area is 79.6 Å². The van der Waals surface area contributed by atoms with Crippen molar-refractivity contribution in [3.63, 3.8) is 0 Å². The summed E-state index contributed by atoms with van der Waals surface area (Å²) >= 11 is 0. The van der Waals surface area contributed by atoms with Gasteiger partial charge in [0.25, 0.3) is 0 Å². The molecule has 1 aromatic carbocycles. The third kappa shape index (κ3) is 1.32. The monoisotopic (exact) mass is 194 g/mol. The number of hydrogen-bond acceptors (Lipinski definition) is 2. The Morgan fingerprint density at radius 3 is 1.57 bits per heavy atom. The van der Waals surface area contributed by atoms with Crippen LogP contribution in [0.15, 0.2) is 12.1 Å². The molecule has 1 aromatic heterocycles. The molecular formula is C10H8F2N2. The van der Waals surface area contributed by atoms with Gasteiger partial charge in [0, 0.05) is 12.1 Å². The van der Waals surface area contributed by atoms with E-state index in [-0.39, 0.29) is 0 Å². The molecule has 0 unspecified atom stereocenters. The predicted octanol–water partition coefficient (Wildman–Crippen LogP) is 2.52. The zero-order valence-corrected chi connectivity index (χ0v) is 7.81. The molecule has 72 valence electrons. The molecule has 0 aliphatic rings. The Morgan fingerprint density at radius 1 is 0.857 bits per heavy atom. The largest absolute Gasteiger partial charge is 0.249 e. The molecule has 14 heavy (non-hydrogen) atoms. The molecule has 0 atom stereocenters. The van der Waals surface area contributed by atoms with Crippen LogP contribution < -0.4 is 0 Å². The van der Waals surface area contributed by atoms with E-state index in [1.165, 1.54) is 0 Å². The summed E-state index contributed by atoms with van der Waals surface area (Å²) in [5.74, 6) is -1.79. The van der Waals surface area contributed by atoms with Gasteiger partial charge in [-0.2, -0.15) is 0 Å². The van der Waals surface area contributed by atoms with E-state index in [1.54, 1.807) is 13.8 Å². The normalized spacial score (nSPS) is 10.9. The quantitative estimate of drug-likeness (QED) is 0.644. The summed E-state index contributed by atoms with van der Waals surface area (Å²) in [6.07, 6.45) is 0. The molecule has 0 aliphatic heterocycles. The fraction of sp³-hybridized carbons (Fsp3) is 0.200. The summed E-state index contributed by atoms with van der Waals surface area (Å²) in [5.41, 5.74) is 2.21. The Hall–Kier alpha value is -1.58. The lowest BCUT2D eigenvalue weighted by atomic mass is 10.2. The molecule has 0 saturated carbocycles. The van der Waals surface area contributed by atoms with Gasteiger partial charge >= 0.3 is 0 Å². The van der Waals surface area contributed by atoms with E-state index in [2.05, 4.69) is 9.97 Å².